The van der Waals surface area contributed by atoms with Crippen molar-refractivity contribution in [1.29, 1.82) is 0 Å². The first-order chi connectivity index (χ1) is 7.31. The number of hydrogen-bond acceptors (Lipinski definition) is 6. The molecule has 0 amide bonds. The van der Waals surface area contributed by atoms with Crippen LogP contribution in [0.1, 0.15) is 18.4 Å². The summed E-state index contributed by atoms with van der Waals surface area (Å²) in [6.45, 7) is 5.50. The van der Waals surface area contributed by atoms with Gasteiger partial charge in [-0.3, -0.25) is 0 Å². The maximum Gasteiger partial charge on any atom is 0.269 e. The Morgan fingerprint density at radius 3 is 3.07 bits per heavy atom. The third-order valence-electron chi connectivity index (χ3n) is 1.94. The van der Waals surface area contributed by atoms with Crippen molar-refractivity contribution in [2.24, 2.45) is 0 Å². The second kappa shape index (κ2) is 4.50. The monoisotopic (exact) mass is 224 g/mol. The molecule has 0 aromatic carbocycles. The molecule has 1 N–H and O–H groups in total. The number of rotatable bonds is 4. The molecular weight excluding hydrogens is 212 g/mol. The largest absolute Gasteiger partial charge is 0.333 e. The first-order valence-electron chi connectivity index (χ1n) is 4.75. The van der Waals surface area contributed by atoms with E-state index in [4.69, 9.17) is 4.52 Å². The molecule has 0 aliphatic rings. The quantitative estimate of drug-likeness (QED) is 0.854. The van der Waals surface area contributed by atoms with Crippen LogP contribution in [0.3, 0.4) is 0 Å². The lowest BCUT2D eigenvalue weighted by atomic mass is 10.4. The Morgan fingerprint density at radius 2 is 2.40 bits per heavy atom. The Hall–Kier alpha value is -1.27. The zero-order valence-corrected chi connectivity index (χ0v) is 9.47. The predicted molar refractivity (Wildman–Crippen MR) is 57.5 cm³/mol. The van der Waals surface area contributed by atoms with Crippen molar-refractivity contribution < 1.29 is 4.52 Å². The van der Waals surface area contributed by atoms with Gasteiger partial charge < -0.3 is 9.84 Å². The molecule has 0 aliphatic heterocycles. The number of hydrogen-bond donors (Lipinski definition) is 1. The van der Waals surface area contributed by atoms with Gasteiger partial charge in [-0.15, -0.1) is 11.3 Å². The van der Waals surface area contributed by atoms with Crippen molar-refractivity contribution in [2.45, 2.75) is 20.4 Å². The Labute approximate surface area is 91.5 Å². The van der Waals surface area contributed by atoms with Gasteiger partial charge in [0.25, 0.3) is 5.89 Å². The number of nitrogens with one attached hydrogen (secondary N) is 1. The van der Waals surface area contributed by atoms with E-state index in [1.165, 1.54) is 11.3 Å². The third kappa shape index (κ3) is 2.21. The first kappa shape index (κ1) is 10.3. The average Bonchev–Trinajstić information content (AvgIpc) is 2.83. The lowest BCUT2D eigenvalue weighted by molar-refractivity contribution is 0.420. The summed E-state index contributed by atoms with van der Waals surface area (Å²) in [5, 5.41) is 7.02. The standard InChI is InChI=1S/C9H12N4OS/c1-3-10-4-7-12-9(14-13-7)8-6(2)11-5-15-8/h5,10H,3-4H2,1-2H3. The van der Waals surface area contributed by atoms with Crippen molar-refractivity contribution in [3.63, 3.8) is 0 Å². The van der Waals surface area contributed by atoms with Gasteiger partial charge in [-0.25, -0.2) is 4.98 Å². The van der Waals surface area contributed by atoms with Gasteiger partial charge in [0.15, 0.2) is 5.82 Å². The molecule has 2 heterocycles. The molecule has 0 saturated carbocycles. The van der Waals surface area contributed by atoms with Crippen molar-refractivity contribution in [1.82, 2.24) is 20.4 Å². The minimum Gasteiger partial charge on any atom is -0.333 e. The Balaban J connectivity index is 2.17. The summed E-state index contributed by atoms with van der Waals surface area (Å²) in [6, 6.07) is 0. The van der Waals surface area contributed by atoms with Crippen molar-refractivity contribution >= 4 is 11.3 Å². The van der Waals surface area contributed by atoms with Crippen molar-refractivity contribution in [3.05, 3.63) is 17.0 Å². The highest BCUT2D eigenvalue weighted by Crippen LogP contribution is 2.24. The maximum absolute atomic E-state index is 5.16. The van der Waals surface area contributed by atoms with E-state index in [1.807, 2.05) is 13.8 Å². The fourth-order valence-electron chi connectivity index (χ4n) is 1.16. The highest BCUT2D eigenvalue weighted by atomic mass is 32.1. The summed E-state index contributed by atoms with van der Waals surface area (Å²) in [6.07, 6.45) is 0. The zero-order valence-electron chi connectivity index (χ0n) is 8.65. The molecule has 2 aromatic rings. The second-order valence-corrected chi connectivity index (χ2v) is 3.92. The third-order valence-corrected chi connectivity index (χ3v) is 2.86. The Kier molecular flexibility index (Phi) is 3.08. The van der Waals surface area contributed by atoms with E-state index in [-0.39, 0.29) is 0 Å². The molecule has 0 saturated heterocycles. The molecule has 0 aliphatic carbocycles. The smallest absolute Gasteiger partial charge is 0.269 e. The van der Waals surface area contributed by atoms with Crippen LogP contribution in [0.15, 0.2) is 10.0 Å². The van der Waals surface area contributed by atoms with Crippen molar-refractivity contribution in [3.8, 4) is 10.8 Å². The maximum atomic E-state index is 5.16. The van der Waals surface area contributed by atoms with Gasteiger partial charge in [-0.1, -0.05) is 12.1 Å². The molecule has 0 unspecified atom stereocenters. The van der Waals surface area contributed by atoms with Gasteiger partial charge >= 0.3 is 0 Å². The van der Waals surface area contributed by atoms with E-state index in [9.17, 15) is 0 Å². The van der Waals surface area contributed by atoms with Crippen LogP contribution in [0.4, 0.5) is 0 Å². The highest BCUT2D eigenvalue weighted by molar-refractivity contribution is 7.13. The number of nitrogens with zero attached hydrogens (tertiary/aromatic N) is 3. The molecule has 0 radical (unpaired) electrons. The Morgan fingerprint density at radius 1 is 1.53 bits per heavy atom. The molecule has 2 aromatic heterocycles. The van der Waals surface area contributed by atoms with Crippen LogP contribution in [-0.4, -0.2) is 21.7 Å². The van der Waals surface area contributed by atoms with Crippen LogP contribution in [0.25, 0.3) is 10.8 Å². The number of thiazole rings is 1. The molecule has 2 rings (SSSR count). The lowest BCUT2D eigenvalue weighted by Gasteiger charge is -1.92. The predicted octanol–water partition coefficient (Wildman–Crippen LogP) is 1.61. The van der Waals surface area contributed by atoms with E-state index in [0.717, 1.165) is 17.1 Å². The second-order valence-electron chi connectivity index (χ2n) is 3.06. The molecule has 0 fully saturated rings. The average molecular weight is 224 g/mol. The van der Waals surface area contributed by atoms with Crippen LogP contribution in [-0.2, 0) is 6.54 Å². The van der Waals surface area contributed by atoms with E-state index < -0.39 is 0 Å². The fourth-order valence-corrected chi connectivity index (χ4v) is 1.89. The van der Waals surface area contributed by atoms with Gasteiger partial charge in [0.05, 0.1) is 17.7 Å². The lowest BCUT2D eigenvalue weighted by Crippen LogP contribution is -2.12. The molecule has 6 heteroatoms. The van der Waals surface area contributed by atoms with Gasteiger partial charge in [0, 0.05) is 0 Å². The molecule has 0 spiro atoms. The normalized spacial score (nSPS) is 10.8. The molecule has 5 nitrogen and oxygen atoms in total. The molecular formula is C9H12N4OS. The van der Waals surface area contributed by atoms with Crippen LogP contribution in [0, 0.1) is 6.92 Å². The van der Waals surface area contributed by atoms with Gasteiger partial charge in [-0.05, 0) is 13.5 Å². The van der Waals surface area contributed by atoms with E-state index in [0.29, 0.717) is 18.3 Å². The SMILES string of the molecule is CCNCc1noc(-c2scnc2C)n1. The zero-order chi connectivity index (χ0) is 10.7. The van der Waals surface area contributed by atoms with Crippen LogP contribution in [0.2, 0.25) is 0 Å². The fraction of sp³-hybridized carbons (Fsp3) is 0.444. The highest BCUT2D eigenvalue weighted by Gasteiger charge is 2.12. The van der Waals surface area contributed by atoms with Crippen LogP contribution < -0.4 is 5.32 Å². The summed E-state index contributed by atoms with van der Waals surface area (Å²) in [5.41, 5.74) is 2.71. The van der Waals surface area contributed by atoms with Gasteiger partial charge in [0.1, 0.15) is 4.88 Å². The van der Waals surface area contributed by atoms with Crippen LogP contribution in [0.5, 0.6) is 0 Å². The molecule has 80 valence electrons. The first-order valence-corrected chi connectivity index (χ1v) is 5.63. The minimum atomic E-state index is 0.558. The van der Waals surface area contributed by atoms with E-state index in [1.54, 1.807) is 5.51 Å². The topological polar surface area (TPSA) is 63.8 Å². The van der Waals surface area contributed by atoms with Crippen LogP contribution >= 0.6 is 11.3 Å². The van der Waals surface area contributed by atoms with E-state index in [2.05, 4.69) is 20.4 Å². The summed E-state index contributed by atoms with van der Waals surface area (Å²) in [7, 11) is 0. The summed E-state index contributed by atoms with van der Waals surface area (Å²) >= 11 is 1.51. The number of aromatic nitrogens is 3. The van der Waals surface area contributed by atoms with Gasteiger partial charge in [0.2, 0.25) is 0 Å². The molecule has 0 atom stereocenters. The van der Waals surface area contributed by atoms with E-state index >= 15 is 0 Å². The summed E-state index contributed by atoms with van der Waals surface area (Å²) in [5.74, 6) is 1.24. The number of aryl methyl sites for hydroxylation is 1. The molecule has 0 bridgehead atoms. The molecule has 15 heavy (non-hydrogen) atoms. The van der Waals surface area contributed by atoms with Crippen molar-refractivity contribution in [2.75, 3.05) is 6.54 Å². The summed E-state index contributed by atoms with van der Waals surface area (Å²) < 4.78 is 5.16. The van der Waals surface area contributed by atoms with Gasteiger partial charge in [-0.2, -0.15) is 4.98 Å². The summed E-state index contributed by atoms with van der Waals surface area (Å²) in [4.78, 5) is 9.37. The minimum absolute atomic E-state index is 0.558. The Bertz CT molecular complexity index is 437.